The first-order valence-electron chi connectivity index (χ1n) is 4.50. The highest BCUT2D eigenvalue weighted by atomic mass is 16.5. The van der Waals surface area contributed by atoms with Crippen LogP contribution in [-0.2, 0) is 0 Å². The van der Waals surface area contributed by atoms with E-state index in [1.807, 2.05) is 25.1 Å². The summed E-state index contributed by atoms with van der Waals surface area (Å²) in [7, 11) is 0. The van der Waals surface area contributed by atoms with Crippen LogP contribution in [0.1, 0.15) is 17.3 Å². The molecule has 0 saturated heterocycles. The molecule has 3 heteroatoms. The quantitative estimate of drug-likeness (QED) is 0.683. The van der Waals surface area contributed by atoms with Crippen LogP contribution in [0.5, 0.6) is 5.75 Å². The van der Waals surface area contributed by atoms with Gasteiger partial charge < -0.3 is 10.1 Å². The fourth-order valence-corrected chi connectivity index (χ4v) is 1.39. The zero-order chi connectivity index (χ0) is 9.97. The molecule has 3 nitrogen and oxygen atoms in total. The van der Waals surface area contributed by atoms with Crippen LogP contribution in [0.15, 0.2) is 36.4 Å². The number of nitrogens with one attached hydrogen (secondary N) is 1. The van der Waals surface area contributed by atoms with Crippen LogP contribution in [0.3, 0.4) is 0 Å². The van der Waals surface area contributed by atoms with Gasteiger partial charge in [0.05, 0.1) is 5.56 Å². The largest absolute Gasteiger partial charge is 0.466 e. The van der Waals surface area contributed by atoms with Gasteiger partial charge in [-0.1, -0.05) is 18.2 Å². The SMILES string of the molecule is C/C=C/C1NC(=O)c2ccccc2O1. The predicted molar refractivity (Wildman–Crippen MR) is 53.1 cm³/mol. The Hall–Kier alpha value is -1.77. The summed E-state index contributed by atoms with van der Waals surface area (Å²) in [5, 5.41) is 2.73. The molecule has 72 valence electrons. The van der Waals surface area contributed by atoms with E-state index in [1.165, 1.54) is 0 Å². The van der Waals surface area contributed by atoms with Crippen molar-refractivity contribution in [2.75, 3.05) is 0 Å². The third kappa shape index (κ3) is 1.48. The average Bonchev–Trinajstić information content (AvgIpc) is 2.18. The van der Waals surface area contributed by atoms with Crippen LogP contribution >= 0.6 is 0 Å². The summed E-state index contributed by atoms with van der Waals surface area (Å²) in [6.07, 6.45) is 3.30. The minimum absolute atomic E-state index is 0.0880. The number of carbonyl (C=O) groups is 1. The fraction of sp³-hybridized carbons (Fsp3) is 0.182. The molecular formula is C11H11NO2. The van der Waals surface area contributed by atoms with Crippen molar-refractivity contribution < 1.29 is 9.53 Å². The fourth-order valence-electron chi connectivity index (χ4n) is 1.39. The van der Waals surface area contributed by atoms with Gasteiger partial charge in [-0.25, -0.2) is 0 Å². The van der Waals surface area contributed by atoms with Gasteiger partial charge in [0.2, 0.25) is 0 Å². The van der Waals surface area contributed by atoms with E-state index in [9.17, 15) is 4.79 Å². The number of ether oxygens (including phenoxy) is 1. The van der Waals surface area contributed by atoms with Crippen molar-refractivity contribution in [2.24, 2.45) is 0 Å². The predicted octanol–water partition coefficient (Wildman–Crippen LogP) is 1.71. The number of rotatable bonds is 1. The summed E-state index contributed by atoms with van der Waals surface area (Å²) in [4.78, 5) is 11.5. The average molecular weight is 189 g/mol. The van der Waals surface area contributed by atoms with Gasteiger partial charge in [-0.05, 0) is 25.1 Å². The van der Waals surface area contributed by atoms with Gasteiger partial charge in [0.25, 0.3) is 5.91 Å². The van der Waals surface area contributed by atoms with Crippen molar-refractivity contribution in [1.29, 1.82) is 0 Å². The van der Waals surface area contributed by atoms with E-state index in [0.29, 0.717) is 11.3 Å². The summed E-state index contributed by atoms with van der Waals surface area (Å²) in [5.41, 5.74) is 0.591. The van der Waals surface area contributed by atoms with Crippen molar-refractivity contribution in [3.63, 3.8) is 0 Å². The van der Waals surface area contributed by atoms with Crippen LogP contribution in [0.25, 0.3) is 0 Å². The summed E-state index contributed by atoms with van der Waals surface area (Å²) < 4.78 is 5.52. The molecule has 14 heavy (non-hydrogen) atoms. The molecule has 1 aliphatic heterocycles. The maximum atomic E-state index is 11.5. The maximum Gasteiger partial charge on any atom is 0.258 e. The topological polar surface area (TPSA) is 38.3 Å². The van der Waals surface area contributed by atoms with Crippen molar-refractivity contribution >= 4 is 5.91 Å². The van der Waals surface area contributed by atoms with Gasteiger partial charge in [-0.2, -0.15) is 0 Å². The van der Waals surface area contributed by atoms with E-state index in [2.05, 4.69) is 5.32 Å². The second-order valence-electron chi connectivity index (χ2n) is 3.03. The lowest BCUT2D eigenvalue weighted by molar-refractivity contribution is 0.0823. The third-order valence-corrected chi connectivity index (χ3v) is 2.03. The van der Waals surface area contributed by atoms with Gasteiger partial charge in [-0.3, -0.25) is 4.79 Å². The molecular weight excluding hydrogens is 178 g/mol. The van der Waals surface area contributed by atoms with Crippen LogP contribution in [0.4, 0.5) is 0 Å². The monoisotopic (exact) mass is 189 g/mol. The number of allylic oxidation sites excluding steroid dienone is 1. The number of hydrogen-bond donors (Lipinski definition) is 1. The van der Waals surface area contributed by atoms with Crippen molar-refractivity contribution in [2.45, 2.75) is 13.2 Å². The first-order chi connectivity index (χ1) is 6.81. The van der Waals surface area contributed by atoms with Crippen molar-refractivity contribution in [3.8, 4) is 5.75 Å². The van der Waals surface area contributed by atoms with E-state index in [0.717, 1.165) is 0 Å². The van der Waals surface area contributed by atoms with E-state index in [1.54, 1.807) is 18.2 Å². The lowest BCUT2D eigenvalue weighted by Crippen LogP contribution is -2.41. The number of benzene rings is 1. The number of amides is 1. The second-order valence-corrected chi connectivity index (χ2v) is 3.03. The second kappa shape index (κ2) is 3.54. The van der Waals surface area contributed by atoms with Crippen molar-refractivity contribution in [1.82, 2.24) is 5.32 Å². The van der Waals surface area contributed by atoms with Crippen LogP contribution in [0.2, 0.25) is 0 Å². The maximum absolute atomic E-state index is 11.5. The number of carbonyl (C=O) groups excluding carboxylic acids is 1. The van der Waals surface area contributed by atoms with Crippen LogP contribution < -0.4 is 10.1 Å². The number of para-hydroxylation sites is 1. The zero-order valence-electron chi connectivity index (χ0n) is 7.86. The molecule has 1 aromatic rings. The molecule has 1 aliphatic rings. The van der Waals surface area contributed by atoms with Gasteiger partial charge >= 0.3 is 0 Å². The Bertz CT molecular complexity index is 385. The highest BCUT2D eigenvalue weighted by Gasteiger charge is 2.22. The Balaban J connectivity index is 2.33. The van der Waals surface area contributed by atoms with Crippen molar-refractivity contribution in [3.05, 3.63) is 42.0 Å². The zero-order valence-corrected chi connectivity index (χ0v) is 7.86. The minimum Gasteiger partial charge on any atom is -0.466 e. The Morgan fingerprint density at radius 2 is 2.21 bits per heavy atom. The number of fused-ring (bicyclic) bond motifs is 1. The lowest BCUT2D eigenvalue weighted by Gasteiger charge is -2.24. The van der Waals surface area contributed by atoms with Gasteiger partial charge in [0.15, 0.2) is 6.23 Å². The molecule has 1 atom stereocenters. The third-order valence-electron chi connectivity index (χ3n) is 2.03. The molecule has 1 heterocycles. The molecule has 2 rings (SSSR count). The molecule has 1 unspecified atom stereocenters. The standard InChI is InChI=1S/C11H11NO2/c1-2-5-10-12-11(13)8-6-3-4-7-9(8)14-10/h2-7,10H,1H3,(H,12,13)/b5-2+. The summed E-state index contributed by atoms with van der Waals surface area (Å²) in [6.45, 7) is 1.88. The Morgan fingerprint density at radius 3 is 3.00 bits per heavy atom. The van der Waals surface area contributed by atoms with Gasteiger partial charge in [0.1, 0.15) is 5.75 Å². The highest BCUT2D eigenvalue weighted by Crippen LogP contribution is 2.22. The molecule has 0 saturated carbocycles. The van der Waals surface area contributed by atoms with E-state index in [-0.39, 0.29) is 12.1 Å². The first-order valence-corrected chi connectivity index (χ1v) is 4.50. The Morgan fingerprint density at radius 1 is 1.43 bits per heavy atom. The summed E-state index contributed by atoms with van der Waals surface area (Å²) in [6, 6.07) is 7.21. The molecule has 0 fully saturated rings. The summed E-state index contributed by atoms with van der Waals surface area (Å²) in [5.74, 6) is 0.550. The smallest absolute Gasteiger partial charge is 0.258 e. The molecule has 1 aromatic carbocycles. The number of hydrogen-bond acceptors (Lipinski definition) is 2. The van der Waals surface area contributed by atoms with Crippen LogP contribution in [0, 0.1) is 0 Å². The van der Waals surface area contributed by atoms with E-state index < -0.39 is 0 Å². The first kappa shape index (κ1) is 8.81. The molecule has 0 aromatic heterocycles. The molecule has 1 N–H and O–H groups in total. The van der Waals surface area contributed by atoms with Crippen LogP contribution in [-0.4, -0.2) is 12.1 Å². The van der Waals surface area contributed by atoms with E-state index >= 15 is 0 Å². The lowest BCUT2D eigenvalue weighted by atomic mass is 10.1. The Kier molecular flexibility index (Phi) is 2.23. The molecule has 0 bridgehead atoms. The highest BCUT2D eigenvalue weighted by molar-refractivity contribution is 5.98. The molecule has 0 radical (unpaired) electrons. The molecule has 0 spiro atoms. The molecule has 0 aliphatic carbocycles. The van der Waals surface area contributed by atoms with Gasteiger partial charge in [0, 0.05) is 0 Å². The summed E-state index contributed by atoms with van der Waals surface area (Å²) >= 11 is 0. The minimum atomic E-state index is -0.345. The Labute approximate surface area is 82.4 Å². The normalized spacial score (nSPS) is 20.1. The van der Waals surface area contributed by atoms with E-state index in [4.69, 9.17) is 4.74 Å². The van der Waals surface area contributed by atoms with Gasteiger partial charge in [-0.15, -0.1) is 0 Å². The molecule has 1 amide bonds.